The summed E-state index contributed by atoms with van der Waals surface area (Å²) < 4.78 is 42.6. The number of rotatable bonds is 5. The average Bonchev–Trinajstić information content (AvgIpc) is 2.67. The van der Waals surface area contributed by atoms with Gasteiger partial charge in [-0.25, -0.2) is 9.78 Å². The van der Waals surface area contributed by atoms with Gasteiger partial charge in [0.25, 0.3) is 0 Å². The number of benzene rings is 1. The van der Waals surface area contributed by atoms with Crippen LogP contribution in [0.4, 0.5) is 23.7 Å². The van der Waals surface area contributed by atoms with E-state index in [4.69, 9.17) is 0 Å². The van der Waals surface area contributed by atoms with E-state index in [1.165, 1.54) is 24.4 Å². The zero-order valence-electron chi connectivity index (χ0n) is 16.2. The zero-order chi connectivity index (χ0) is 21.0. The SMILES string of the molecule is C[C@@H]1CN(c2ccnc(F)c2)CCN1C(=O)N[C@H](C)c1cccc(OC(F)F)c1. The van der Waals surface area contributed by atoms with E-state index in [1.807, 2.05) is 11.8 Å². The van der Waals surface area contributed by atoms with Crippen LogP contribution in [0.5, 0.6) is 5.75 Å². The summed E-state index contributed by atoms with van der Waals surface area (Å²) in [4.78, 5) is 20.0. The van der Waals surface area contributed by atoms with E-state index >= 15 is 0 Å². The third kappa shape index (κ3) is 5.30. The normalized spacial score (nSPS) is 17.9. The Morgan fingerprint density at radius 3 is 2.76 bits per heavy atom. The Balaban J connectivity index is 1.60. The number of nitrogens with one attached hydrogen (secondary N) is 1. The maximum Gasteiger partial charge on any atom is 0.387 e. The number of carbonyl (C=O) groups excluding carboxylic acids is 1. The van der Waals surface area contributed by atoms with Gasteiger partial charge in [-0.3, -0.25) is 0 Å². The van der Waals surface area contributed by atoms with E-state index in [2.05, 4.69) is 15.0 Å². The van der Waals surface area contributed by atoms with Crippen molar-refractivity contribution in [2.24, 2.45) is 0 Å². The average molecular weight is 408 g/mol. The Kier molecular flexibility index (Phi) is 6.46. The number of halogens is 3. The molecular weight excluding hydrogens is 385 g/mol. The minimum atomic E-state index is -2.90. The van der Waals surface area contributed by atoms with Gasteiger partial charge < -0.3 is 19.9 Å². The Morgan fingerprint density at radius 2 is 2.07 bits per heavy atom. The Hall–Kier alpha value is -2.97. The maximum absolute atomic E-state index is 13.4. The molecule has 9 heteroatoms. The van der Waals surface area contributed by atoms with E-state index in [0.717, 1.165) is 5.69 Å². The van der Waals surface area contributed by atoms with Crippen molar-refractivity contribution >= 4 is 11.7 Å². The molecule has 2 aromatic rings. The molecule has 3 rings (SSSR count). The highest BCUT2D eigenvalue weighted by Gasteiger charge is 2.28. The first kappa shape index (κ1) is 20.8. The molecule has 0 radical (unpaired) electrons. The van der Waals surface area contributed by atoms with Crippen LogP contribution < -0.4 is 15.0 Å². The van der Waals surface area contributed by atoms with E-state index < -0.39 is 12.6 Å². The van der Waals surface area contributed by atoms with Gasteiger partial charge >= 0.3 is 12.6 Å². The van der Waals surface area contributed by atoms with Crippen LogP contribution in [-0.2, 0) is 0 Å². The summed E-state index contributed by atoms with van der Waals surface area (Å²) in [6.07, 6.45) is 1.42. The van der Waals surface area contributed by atoms with Crippen LogP contribution in [-0.4, -0.2) is 48.2 Å². The van der Waals surface area contributed by atoms with Gasteiger partial charge in [0.2, 0.25) is 5.95 Å². The number of anilines is 1. The number of pyridine rings is 1. The van der Waals surface area contributed by atoms with E-state index in [9.17, 15) is 18.0 Å². The summed E-state index contributed by atoms with van der Waals surface area (Å²) in [7, 11) is 0. The summed E-state index contributed by atoms with van der Waals surface area (Å²) in [5.41, 5.74) is 1.39. The highest BCUT2D eigenvalue weighted by molar-refractivity contribution is 5.75. The third-order valence-corrected chi connectivity index (χ3v) is 4.89. The van der Waals surface area contributed by atoms with E-state index in [-0.39, 0.29) is 23.9 Å². The van der Waals surface area contributed by atoms with Gasteiger partial charge in [0.05, 0.1) is 6.04 Å². The van der Waals surface area contributed by atoms with Crippen molar-refractivity contribution in [2.45, 2.75) is 32.5 Å². The third-order valence-electron chi connectivity index (χ3n) is 4.89. The van der Waals surface area contributed by atoms with Gasteiger partial charge in [-0.15, -0.1) is 0 Å². The predicted molar refractivity (Wildman–Crippen MR) is 103 cm³/mol. The molecule has 0 spiro atoms. The molecule has 0 aliphatic carbocycles. The van der Waals surface area contributed by atoms with Crippen molar-refractivity contribution in [3.05, 3.63) is 54.1 Å². The lowest BCUT2D eigenvalue weighted by Crippen LogP contribution is -2.56. The Bertz CT molecular complexity index is 852. The molecular formula is C20H23F3N4O2. The Labute approximate surface area is 167 Å². The highest BCUT2D eigenvalue weighted by atomic mass is 19.3. The number of hydrogen-bond acceptors (Lipinski definition) is 4. The second kappa shape index (κ2) is 9.02. The lowest BCUT2D eigenvalue weighted by molar-refractivity contribution is -0.0499. The fourth-order valence-electron chi connectivity index (χ4n) is 3.39. The van der Waals surface area contributed by atoms with Crippen LogP contribution in [0, 0.1) is 5.95 Å². The molecule has 0 saturated carbocycles. The fraction of sp³-hybridized carbons (Fsp3) is 0.400. The molecule has 0 bridgehead atoms. The van der Waals surface area contributed by atoms with Crippen molar-refractivity contribution in [3.8, 4) is 5.75 Å². The molecule has 1 aliphatic rings. The lowest BCUT2D eigenvalue weighted by Gasteiger charge is -2.41. The van der Waals surface area contributed by atoms with Gasteiger partial charge in [-0.05, 0) is 37.6 Å². The van der Waals surface area contributed by atoms with Crippen LogP contribution in [0.25, 0.3) is 0 Å². The first-order valence-electron chi connectivity index (χ1n) is 9.32. The largest absolute Gasteiger partial charge is 0.435 e. The molecule has 1 fully saturated rings. The predicted octanol–water partition coefficient (Wildman–Crippen LogP) is 3.80. The summed E-state index contributed by atoms with van der Waals surface area (Å²) in [6.45, 7) is 2.39. The van der Waals surface area contributed by atoms with Gasteiger partial charge in [0.15, 0.2) is 0 Å². The molecule has 2 amide bonds. The van der Waals surface area contributed by atoms with Crippen LogP contribution in [0.1, 0.15) is 25.5 Å². The van der Waals surface area contributed by atoms with Gasteiger partial charge in [0, 0.05) is 43.6 Å². The second-order valence-corrected chi connectivity index (χ2v) is 6.95. The number of amides is 2. The number of ether oxygens (including phenoxy) is 1. The van der Waals surface area contributed by atoms with E-state index in [1.54, 1.807) is 30.0 Å². The minimum Gasteiger partial charge on any atom is -0.435 e. The molecule has 2 atom stereocenters. The quantitative estimate of drug-likeness (QED) is 0.765. The van der Waals surface area contributed by atoms with Gasteiger partial charge in [-0.2, -0.15) is 13.2 Å². The number of urea groups is 1. The van der Waals surface area contributed by atoms with Gasteiger partial charge in [0.1, 0.15) is 5.75 Å². The topological polar surface area (TPSA) is 57.7 Å². The lowest BCUT2D eigenvalue weighted by atomic mass is 10.1. The number of hydrogen-bond donors (Lipinski definition) is 1. The zero-order valence-corrected chi connectivity index (χ0v) is 16.2. The maximum atomic E-state index is 13.4. The number of carbonyl (C=O) groups is 1. The highest BCUT2D eigenvalue weighted by Crippen LogP contribution is 2.22. The van der Waals surface area contributed by atoms with Crippen LogP contribution in [0.3, 0.4) is 0 Å². The molecule has 2 heterocycles. The molecule has 1 aromatic carbocycles. The molecule has 0 unspecified atom stereocenters. The molecule has 1 saturated heterocycles. The summed E-state index contributed by atoms with van der Waals surface area (Å²) in [5.74, 6) is -0.493. The summed E-state index contributed by atoms with van der Waals surface area (Å²) >= 11 is 0. The van der Waals surface area contributed by atoms with Crippen molar-refractivity contribution in [1.29, 1.82) is 0 Å². The summed E-state index contributed by atoms with van der Waals surface area (Å²) in [6, 6.07) is 8.65. The minimum absolute atomic E-state index is 0.0464. The number of aromatic nitrogens is 1. The van der Waals surface area contributed by atoms with Crippen LogP contribution in [0.2, 0.25) is 0 Å². The Morgan fingerprint density at radius 1 is 1.28 bits per heavy atom. The van der Waals surface area contributed by atoms with Crippen LogP contribution >= 0.6 is 0 Å². The first-order chi connectivity index (χ1) is 13.8. The molecule has 1 N–H and O–H groups in total. The first-order valence-corrected chi connectivity index (χ1v) is 9.32. The van der Waals surface area contributed by atoms with Crippen LogP contribution in [0.15, 0.2) is 42.6 Å². The van der Waals surface area contributed by atoms with Crippen molar-refractivity contribution < 1.29 is 22.7 Å². The van der Waals surface area contributed by atoms with Crippen molar-refractivity contribution in [1.82, 2.24) is 15.2 Å². The second-order valence-electron chi connectivity index (χ2n) is 6.95. The standard InChI is InChI=1S/C20H23F3N4O2/c1-13-12-26(16-6-7-24-18(21)11-16)8-9-27(13)20(28)25-14(2)15-4-3-5-17(10-15)29-19(22)23/h3-7,10-11,13-14,19H,8-9,12H2,1-2H3,(H,25,28)/t13-,14-/m1/s1. The monoisotopic (exact) mass is 408 g/mol. The fourth-order valence-corrected chi connectivity index (χ4v) is 3.39. The molecule has 156 valence electrons. The smallest absolute Gasteiger partial charge is 0.387 e. The molecule has 29 heavy (non-hydrogen) atoms. The van der Waals surface area contributed by atoms with E-state index in [0.29, 0.717) is 25.2 Å². The van der Waals surface area contributed by atoms with Crippen molar-refractivity contribution in [2.75, 3.05) is 24.5 Å². The van der Waals surface area contributed by atoms with Crippen molar-refractivity contribution in [3.63, 3.8) is 0 Å². The summed E-state index contributed by atoms with van der Waals surface area (Å²) in [5, 5.41) is 2.90. The molecule has 1 aliphatic heterocycles. The molecule has 6 nitrogen and oxygen atoms in total. The molecule has 1 aromatic heterocycles. The number of piperazine rings is 1. The number of alkyl halides is 2. The number of nitrogens with zero attached hydrogens (tertiary/aromatic N) is 3. The van der Waals surface area contributed by atoms with Gasteiger partial charge in [-0.1, -0.05) is 12.1 Å².